The Morgan fingerprint density at radius 2 is 2.09 bits per heavy atom. The average Bonchev–Trinajstić information content (AvgIpc) is 3.38. The number of carbonyl (C=O) groups is 2. The molecule has 7 nitrogen and oxygen atoms in total. The fraction of sp³-hybridized carbons (Fsp3) is 0.538. The number of carbonyl (C=O) groups excluding carboxylic acids is 1. The van der Waals surface area contributed by atoms with E-state index in [0.717, 1.165) is 5.56 Å². The average molecular weight is 484 g/mol. The van der Waals surface area contributed by atoms with Gasteiger partial charge in [-0.1, -0.05) is 40.7 Å². The van der Waals surface area contributed by atoms with Gasteiger partial charge in [-0.3, -0.25) is 4.79 Å². The number of rotatable bonds is 7. The minimum atomic E-state index is -1.43. The second-order valence-corrected chi connectivity index (χ2v) is 11.3. The smallest absolute Gasteiger partial charge is 0.329 e. The van der Waals surface area contributed by atoms with Crippen molar-refractivity contribution in [1.82, 2.24) is 9.88 Å². The molecule has 1 aliphatic rings. The van der Waals surface area contributed by atoms with Gasteiger partial charge in [-0.05, 0) is 41.9 Å². The first kappa shape index (κ1) is 25.7. The third kappa shape index (κ3) is 4.67. The van der Waals surface area contributed by atoms with Crippen molar-refractivity contribution in [2.75, 3.05) is 7.11 Å². The summed E-state index contributed by atoms with van der Waals surface area (Å²) in [6.45, 7) is 10.1. The van der Waals surface area contributed by atoms with E-state index in [1.807, 2.05) is 25.3 Å². The topological polar surface area (TPSA) is 104 Å². The Hall–Kier alpha value is -2.92. The highest BCUT2D eigenvalue weighted by Gasteiger charge is 2.59. The first-order chi connectivity index (χ1) is 16.0. The fourth-order valence-corrected chi connectivity index (χ4v) is 5.97. The normalized spacial score (nSPS) is 22.6. The van der Waals surface area contributed by atoms with Crippen molar-refractivity contribution in [1.29, 1.82) is 5.26 Å². The highest BCUT2D eigenvalue weighted by molar-refractivity contribution is 7.09. The van der Waals surface area contributed by atoms with Gasteiger partial charge in [-0.25, -0.2) is 9.78 Å². The molecule has 3 rings (SSSR count). The molecular weight excluding hydrogens is 450 g/mol. The maximum absolute atomic E-state index is 14.1. The van der Waals surface area contributed by atoms with E-state index in [-0.39, 0.29) is 42.4 Å². The van der Waals surface area contributed by atoms with Crippen LogP contribution in [0.2, 0.25) is 0 Å². The second kappa shape index (κ2) is 9.75. The molecule has 8 heteroatoms. The summed E-state index contributed by atoms with van der Waals surface area (Å²) in [5, 5.41) is 22.5. The van der Waals surface area contributed by atoms with Gasteiger partial charge in [0.15, 0.2) is 0 Å². The summed E-state index contributed by atoms with van der Waals surface area (Å²) in [6.07, 6.45) is 2.29. The lowest BCUT2D eigenvalue weighted by atomic mass is 9.83. The number of ether oxygens (including phenoxy) is 1. The van der Waals surface area contributed by atoms with E-state index < -0.39 is 17.6 Å². The van der Waals surface area contributed by atoms with Crippen LogP contribution in [0.3, 0.4) is 0 Å². The van der Waals surface area contributed by atoms with E-state index in [0.29, 0.717) is 16.3 Å². The molecule has 1 aromatic carbocycles. The molecule has 2 aromatic rings. The molecule has 0 radical (unpaired) electrons. The van der Waals surface area contributed by atoms with Gasteiger partial charge in [0.05, 0.1) is 19.2 Å². The molecular formula is C26H33N3O4S. The zero-order valence-electron chi connectivity index (χ0n) is 20.7. The van der Waals surface area contributed by atoms with Crippen LogP contribution < -0.4 is 4.74 Å². The van der Waals surface area contributed by atoms with Crippen molar-refractivity contribution >= 4 is 23.2 Å². The van der Waals surface area contributed by atoms with Crippen LogP contribution >= 0.6 is 11.3 Å². The van der Waals surface area contributed by atoms with Crippen LogP contribution in [0.1, 0.15) is 80.9 Å². The van der Waals surface area contributed by atoms with Gasteiger partial charge < -0.3 is 14.7 Å². The SMILES string of the molecule is COc1cc(C(=O)N2C(c3nccs3)C(CC#N)C[C@]2(CC(C)C)C(=O)O)ccc1C(C)(C)C. The van der Waals surface area contributed by atoms with E-state index in [4.69, 9.17) is 4.74 Å². The van der Waals surface area contributed by atoms with Crippen LogP contribution in [0.25, 0.3) is 0 Å². The summed E-state index contributed by atoms with van der Waals surface area (Å²) >= 11 is 1.38. The number of thiazole rings is 1. The Morgan fingerprint density at radius 3 is 2.59 bits per heavy atom. The number of amides is 1. The third-order valence-corrected chi connectivity index (χ3v) is 7.31. The Bertz CT molecular complexity index is 1080. The quantitative estimate of drug-likeness (QED) is 0.563. The van der Waals surface area contributed by atoms with E-state index in [1.165, 1.54) is 16.2 Å². The number of aliphatic carboxylic acids is 1. The van der Waals surface area contributed by atoms with Crippen LogP contribution in [-0.2, 0) is 10.2 Å². The van der Waals surface area contributed by atoms with Crippen molar-refractivity contribution in [3.8, 4) is 11.8 Å². The maximum atomic E-state index is 14.1. The number of nitrogens with zero attached hydrogens (tertiary/aromatic N) is 3. The van der Waals surface area contributed by atoms with Gasteiger partial charge in [0.1, 0.15) is 16.3 Å². The molecule has 1 fully saturated rings. The number of benzene rings is 1. The Morgan fingerprint density at radius 1 is 1.38 bits per heavy atom. The van der Waals surface area contributed by atoms with Crippen molar-refractivity contribution in [3.63, 3.8) is 0 Å². The van der Waals surface area contributed by atoms with Gasteiger partial charge in [-0.2, -0.15) is 5.26 Å². The van der Waals surface area contributed by atoms with E-state index in [9.17, 15) is 20.0 Å². The van der Waals surface area contributed by atoms with Crippen LogP contribution in [0, 0.1) is 23.2 Å². The van der Waals surface area contributed by atoms with Gasteiger partial charge in [0, 0.05) is 29.5 Å². The van der Waals surface area contributed by atoms with Crippen LogP contribution in [0.5, 0.6) is 5.75 Å². The summed E-state index contributed by atoms with van der Waals surface area (Å²) in [5.74, 6) is -1.15. The predicted octanol–water partition coefficient (Wildman–Crippen LogP) is 5.44. The summed E-state index contributed by atoms with van der Waals surface area (Å²) < 4.78 is 5.61. The third-order valence-electron chi connectivity index (χ3n) is 6.46. The monoisotopic (exact) mass is 483 g/mol. The highest BCUT2D eigenvalue weighted by Crippen LogP contribution is 2.52. The van der Waals surface area contributed by atoms with Gasteiger partial charge in [0.2, 0.25) is 0 Å². The van der Waals surface area contributed by atoms with Crippen molar-refractivity contribution in [3.05, 3.63) is 45.9 Å². The summed E-state index contributed by atoms with van der Waals surface area (Å²) in [6, 6.07) is 6.92. The molecule has 34 heavy (non-hydrogen) atoms. The molecule has 0 bridgehead atoms. The molecule has 0 spiro atoms. The molecule has 1 saturated heterocycles. The van der Waals surface area contributed by atoms with Crippen molar-refractivity contribution in [2.24, 2.45) is 11.8 Å². The number of hydrogen-bond acceptors (Lipinski definition) is 6. The first-order valence-corrected chi connectivity index (χ1v) is 12.4. The maximum Gasteiger partial charge on any atom is 0.329 e. The number of aromatic nitrogens is 1. The molecule has 1 N–H and O–H groups in total. The van der Waals surface area contributed by atoms with E-state index >= 15 is 0 Å². The zero-order valence-corrected chi connectivity index (χ0v) is 21.5. The Labute approximate surface area is 205 Å². The molecule has 1 aromatic heterocycles. The van der Waals surface area contributed by atoms with E-state index in [1.54, 1.807) is 25.4 Å². The van der Waals surface area contributed by atoms with Gasteiger partial charge in [-0.15, -0.1) is 11.3 Å². The number of likely N-dealkylation sites (tertiary alicyclic amines) is 1. The number of hydrogen-bond donors (Lipinski definition) is 1. The van der Waals surface area contributed by atoms with Crippen LogP contribution in [0.4, 0.5) is 0 Å². The molecule has 1 aliphatic heterocycles. The van der Waals surface area contributed by atoms with Crippen molar-refractivity contribution < 1.29 is 19.4 Å². The molecule has 0 saturated carbocycles. The standard InChI is InChI=1S/C26H33N3O4S/c1-16(2)14-26(24(31)32)15-18(9-10-27)21(22-28-11-12-34-22)29(26)23(30)17-7-8-19(25(3,4)5)20(13-17)33-6/h7-8,11-13,16,18,21H,9,14-15H2,1-6H3,(H,31,32)/t18?,21?,26-/m1/s1. The summed E-state index contributed by atoms with van der Waals surface area (Å²) in [7, 11) is 1.57. The van der Waals surface area contributed by atoms with Gasteiger partial charge >= 0.3 is 5.97 Å². The molecule has 1 amide bonds. The minimum absolute atomic E-state index is 0.0296. The van der Waals surface area contributed by atoms with Crippen LogP contribution in [-0.4, -0.2) is 39.5 Å². The number of carboxylic acids is 1. The summed E-state index contributed by atoms with van der Waals surface area (Å²) in [5.41, 5.74) is -0.305. The van der Waals surface area contributed by atoms with Crippen LogP contribution in [0.15, 0.2) is 29.8 Å². The van der Waals surface area contributed by atoms with Gasteiger partial charge in [0.25, 0.3) is 5.91 Å². The van der Waals surface area contributed by atoms with Crippen molar-refractivity contribution in [2.45, 2.75) is 70.9 Å². The Balaban J connectivity index is 2.21. The lowest BCUT2D eigenvalue weighted by molar-refractivity contribution is -0.150. The fourth-order valence-electron chi connectivity index (χ4n) is 5.15. The summed E-state index contributed by atoms with van der Waals surface area (Å²) in [4.78, 5) is 32.9. The number of carboxylic acid groups (broad SMARTS) is 1. The lowest BCUT2D eigenvalue weighted by Gasteiger charge is -2.39. The molecule has 2 heterocycles. The second-order valence-electron chi connectivity index (χ2n) is 10.4. The first-order valence-electron chi connectivity index (χ1n) is 11.5. The lowest BCUT2D eigenvalue weighted by Crippen LogP contribution is -2.54. The molecule has 3 atom stereocenters. The molecule has 2 unspecified atom stereocenters. The largest absolute Gasteiger partial charge is 0.496 e. The Kier molecular flexibility index (Phi) is 7.37. The minimum Gasteiger partial charge on any atom is -0.496 e. The predicted molar refractivity (Wildman–Crippen MR) is 131 cm³/mol. The molecule has 0 aliphatic carbocycles. The zero-order chi connectivity index (χ0) is 25.3. The number of nitriles is 1. The number of methoxy groups -OCH3 is 1. The van der Waals surface area contributed by atoms with E-state index in [2.05, 4.69) is 31.8 Å². The highest BCUT2D eigenvalue weighted by atomic mass is 32.1. The molecule has 182 valence electrons.